The van der Waals surface area contributed by atoms with Gasteiger partial charge in [-0.1, -0.05) is 84.0 Å². The second-order valence-electron chi connectivity index (χ2n) is 8.66. The first-order valence-electron chi connectivity index (χ1n) is 12.1. The first-order chi connectivity index (χ1) is 14.0. The van der Waals surface area contributed by atoms with Crippen LogP contribution >= 0.6 is 0 Å². The maximum atomic E-state index is 11.8. The summed E-state index contributed by atoms with van der Waals surface area (Å²) in [6.45, 7) is 2.91. The molecule has 0 fully saturated rings. The zero-order chi connectivity index (χ0) is 21.7. The van der Waals surface area contributed by atoms with E-state index < -0.39 is 12.0 Å². The Hall–Kier alpha value is -1.10. The van der Waals surface area contributed by atoms with Gasteiger partial charge in [0.2, 0.25) is 5.91 Å². The number of hydrogen-bond acceptors (Lipinski definition) is 3. The summed E-state index contributed by atoms with van der Waals surface area (Å²) in [5.74, 6) is -0.642. The lowest BCUT2D eigenvalue weighted by molar-refractivity contribution is -0.142. The molecule has 1 amide bonds. The molecule has 0 spiro atoms. The molecule has 0 bridgehead atoms. The molecule has 172 valence electrons. The third-order valence-electron chi connectivity index (χ3n) is 5.64. The number of likely N-dealkylation sites (N-methyl/N-ethyl adjacent to an activating group) is 1. The second kappa shape index (κ2) is 20.2. The summed E-state index contributed by atoms with van der Waals surface area (Å²) in [5.41, 5.74) is 0. The van der Waals surface area contributed by atoms with Crippen molar-refractivity contribution < 1.29 is 14.7 Å². The first-order valence-corrected chi connectivity index (χ1v) is 12.1. The van der Waals surface area contributed by atoms with Crippen molar-refractivity contribution in [3.8, 4) is 0 Å². The van der Waals surface area contributed by atoms with Crippen molar-refractivity contribution in [2.75, 3.05) is 20.6 Å². The standard InChI is InChI=1S/C24H48N2O3/c1-4-5-6-7-8-9-10-11-12-13-14-15-16-20-23(27)25-21-18-17-19-22(24(28)29)26(2)3/h22H,4-21H2,1-3H3,(H,25,27)(H,28,29). The number of carbonyl (C=O) groups excluding carboxylic acids is 1. The highest BCUT2D eigenvalue weighted by atomic mass is 16.4. The normalized spacial score (nSPS) is 12.3. The van der Waals surface area contributed by atoms with Crippen LogP contribution in [0.25, 0.3) is 0 Å². The van der Waals surface area contributed by atoms with Crippen molar-refractivity contribution in [2.24, 2.45) is 0 Å². The molecule has 0 rings (SSSR count). The summed E-state index contributed by atoms with van der Waals surface area (Å²) < 4.78 is 0. The third kappa shape index (κ3) is 18.7. The van der Waals surface area contributed by atoms with Crippen LogP contribution in [0, 0.1) is 0 Å². The number of carbonyl (C=O) groups is 2. The molecule has 0 aromatic rings. The summed E-state index contributed by atoms with van der Waals surface area (Å²) in [5, 5.41) is 12.1. The van der Waals surface area contributed by atoms with Gasteiger partial charge in [0.05, 0.1) is 0 Å². The van der Waals surface area contributed by atoms with E-state index in [4.69, 9.17) is 5.11 Å². The molecule has 0 saturated heterocycles. The van der Waals surface area contributed by atoms with Gasteiger partial charge in [-0.2, -0.15) is 0 Å². The quantitative estimate of drug-likeness (QED) is 0.235. The number of nitrogens with one attached hydrogen (secondary N) is 1. The summed E-state index contributed by atoms with van der Waals surface area (Å²) in [7, 11) is 3.58. The van der Waals surface area contributed by atoms with Crippen LogP contribution < -0.4 is 5.32 Å². The molecule has 0 aliphatic heterocycles. The average Bonchev–Trinajstić information content (AvgIpc) is 2.67. The van der Waals surface area contributed by atoms with Crippen molar-refractivity contribution in [1.29, 1.82) is 0 Å². The monoisotopic (exact) mass is 412 g/mol. The Bertz CT molecular complexity index is 400. The van der Waals surface area contributed by atoms with Crippen LogP contribution in [0.3, 0.4) is 0 Å². The molecule has 0 aliphatic carbocycles. The van der Waals surface area contributed by atoms with Gasteiger partial charge < -0.3 is 10.4 Å². The van der Waals surface area contributed by atoms with Crippen molar-refractivity contribution >= 4 is 11.9 Å². The fourth-order valence-electron chi connectivity index (χ4n) is 3.68. The van der Waals surface area contributed by atoms with E-state index in [1.54, 1.807) is 19.0 Å². The molecule has 0 saturated carbocycles. The van der Waals surface area contributed by atoms with Gasteiger partial charge in [0.15, 0.2) is 0 Å². The highest BCUT2D eigenvalue weighted by Gasteiger charge is 2.18. The highest BCUT2D eigenvalue weighted by molar-refractivity contribution is 5.75. The lowest BCUT2D eigenvalue weighted by Gasteiger charge is -2.19. The third-order valence-corrected chi connectivity index (χ3v) is 5.64. The van der Waals surface area contributed by atoms with Gasteiger partial charge in [-0.3, -0.25) is 14.5 Å². The lowest BCUT2D eigenvalue weighted by atomic mass is 10.0. The number of unbranched alkanes of at least 4 members (excludes halogenated alkanes) is 13. The number of aliphatic carboxylic acids is 1. The number of carboxylic acid groups (broad SMARTS) is 1. The van der Waals surface area contributed by atoms with E-state index in [-0.39, 0.29) is 5.91 Å². The molecule has 1 atom stereocenters. The predicted molar refractivity (Wildman–Crippen MR) is 122 cm³/mol. The molecule has 5 heteroatoms. The molecular formula is C24H48N2O3. The fraction of sp³-hybridized carbons (Fsp3) is 0.917. The van der Waals surface area contributed by atoms with Crippen LogP contribution in [0.4, 0.5) is 0 Å². The van der Waals surface area contributed by atoms with Crippen LogP contribution in [-0.4, -0.2) is 48.6 Å². The van der Waals surface area contributed by atoms with Crippen molar-refractivity contribution in [2.45, 2.75) is 122 Å². The van der Waals surface area contributed by atoms with Crippen molar-refractivity contribution in [1.82, 2.24) is 10.2 Å². The Morgan fingerprint density at radius 3 is 1.69 bits per heavy atom. The highest BCUT2D eigenvalue weighted by Crippen LogP contribution is 2.13. The Kier molecular flexibility index (Phi) is 19.4. The van der Waals surface area contributed by atoms with E-state index in [0.717, 1.165) is 25.7 Å². The van der Waals surface area contributed by atoms with Gasteiger partial charge in [-0.25, -0.2) is 0 Å². The van der Waals surface area contributed by atoms with E-state index in [9.17, 15) is 9.59 Å². The molecule has 0 aliphatic rings. The number of hydrogen-bond donors (Lipinski definition) is 2. The first kappa shape index (κ1) is 27.9. The number of rotatable bonds is 21. The van der Waals surface area contributed by atoms with Gasteiger partial charge in [-0.15, -0.1) is 0 Å². The van der Waals surface area contributed by atoms with E-state index in [1.165, 1.54) is 70.6 Å². The largest absolute Gasteiger partial charge is 0.480 e. The number of amides is 1. The molecule has 0 aromatic heterocycles. The smallest absolute Gasteiger partial charge is 0.320 e. The maximum absolute atomic E-state index is 11.8. The lowest BCUT2D eigenvalue weighted by Crippen LogP contribution is -2.35. The summed E-state index contributed by atoms with van der Waals surface area (Å²) in [6, 6.07) is -0.434. The van der Waals surface area contributed by atoms with Crippen LogP contribution in [0.15, 0.2) is 0 Å². The van der Waals surface area contributed by atoms with Crippen LogP contribution in [0.5, 0.6) is 0 Å². The number of nitrogens with zero attached hydrogens (tertiary/aromatic N) is 1. The van der Waals surface area contributed by atoms with Gasteiger partial charge in [-0.05, 0) is 39.8 Å². The SMILES string of the molecule is CCCCCCCCCCCCCCCC(=O)NCCCCC(C(=O)O)N(C)C. The topological polar surface area (TPSA) is 69.6 Å². The molecule has 0 radical (unpaired) electrons. The fourth-order valence-corrected chi connectivity index (χ4v) is 3.68. The summed E-state index contributed by atoms with van der Waals surface area (Å²) in [6.07, 6.45) is 20.0. The van der Waals surface area contributed by atoms with Gasteiger partial charge in [0.25, 0.3) is 0 Å². The molecular weight excluding hydrogens is 364 g/mol. The zero-order valence-electron chi connectivity index (χ0n) is 19.5. The summed E-state index contributed by atoms with van der Waals surface area (Å²) in [4.78, 5) is 24.7. The average molecular weight is 413 g/mol. The molecule has 0 aromatic carbocycles. The number of carboxylic acids is 1. The minimum atomic E-state index is -0.776. The molecule has 2 N–H and O–H groups in total. The Morgan fingerprint density at radius 2 is 1.24 bits per heavy atom. The van der Waals surface area contributed by atoms with E-state index in [0.29, 0.717) is 19.4 Å². The Morgan fingerprint density at radius 1 is 0.759 bits per heavy atom. The molecule has 0 heterocycles. The maximum Gasteiger partial charge on any atom is 0.320 e. The Balaban J connectivity index is 3.35. The minimum absolute atomic E-state index is 0.135. The molecule has 1 unspecified atom stereocenters. The van der Waals surface area contributed by atoms with E-state index in [2.05, 4.69) is 12.2 Å². The van der Waals surface area contributed by atoms with Crippen LogP contribution in [0.1, 0.15) is 116 Å². The van der Waals surface area contributed by atoms with Crippen LogP contribution in [0.2, 0.25) is 0 Å². The summed E-state index contributed by atoms with van der Waals surface area (Å²) >= 11 is 0. The molecule has 5 nitrogen and oxygen atoms in total. The van der Waals surface area contributed by atoms with Crippen LogP contribution in [-0.2, 0) is 9.59 Å². The second-order valence-corrected chi connectivity index (χ2v) is 8.66. The minimum Gasteiger partial charge on any atom is -0.480 e. The van der Waals surface area contributed by atoms with Gasteiger partial charge in [0, 0.05) is 13.0 Å². The predicted octanol–water partition coefficient (Wildman–Crippen LogP) is 5.77. The van der Waals surface area contributed by atoms with E-state index in [1.807, 2.05) is 0 Å². The van der Waals surface area contributed by atoms with Gasteiger partial charge >= 0.3 is 5.97 Å². The Labute approximate surface area is 180 Å². The zero-order valence-corrected chi connectivity index (χ0v) is 19.5. The van der Waals surface area contributed by atoms with Crippen molar-refractivity contribution in [3.63, 3.8) is 0 Å². The van der Waals surface area contributed by atoms with Crippen molar-refractivity contribution in [3.05, 3.63) is 0 Å². The van der Waals surface area contributed by atoms with E-state index >= 15 is 0 Å². The van der Waals surface area contributed by atoms with Gasteiger partial charge in [0.1, 0.15) is 6.04 Å². The molecule has 29 heavy (non-hydrogen) atoms.